The van der Waals surface area contributed by atoms with Crippen LogP contribution >= 0.6 is 11.3 Å². The van der Waals surface area contributed by atoms with Gasteiger partial charge in [0.1, 0.15) is 16.9 Å². The standard InChI is InChI=1S/C13H11N3OS/c1-14-9-2-4-10(5-3-9)17-12-11-6-7-18-13(11)16-8-15-12/h2-8,14H,1H3. The number of rotatable bonds is 3. The minimum atomic E-state index is 0.596. The molecule has 90 valence electrons. The molecule has 0 saturated heterocycles. The summed E-state index contributed by atoms with van der Waals surface area (Å²) < 4.78 is 5.78. The zero-order valence-electron chi connectivity index (χ0n) is 9.75. The van der Waals surface area contributed by atoms with E-state index >= 15 is 0 Å². The Bertz CT molecular complexity index is 663. The van der Waals surface area contributed by atoms with Crippen LogP contribution in [0.2, 0.25) is 0 Å². The molecule has 0 amide bonds. The lowest BCUT2D eigenvalue weighted by molar-refractivity contribution is 0.468. The Morgan fingerprint density at radius 1 is 1.11 bits per heavy atom. The maximum Gasteiger partial charge on any atom is 0.231 e. The van der Waals surface area contributed by atoms with E-state index in [2.05, 4.69) is 15.3 Å². The van der Waals surface area contributed by atoms with E-state index < -0.39 is 0 Å². The molecule has 0 aliphatic carbocycles. The Balaban J connectivity index is 1.93. The highest BCUT2D eigenvalue weighted by atomic mass is 32.1. The molecule has 0 bridgehead atoms. The van der Waals surface area contributed by atoms with Crippen molar-refractivity contribution in [3.05, 3.63) is 42.0 Å². The van der Waals surface area contributed by atoms with Gasteiger partial charge >= 0.3 is 0 Å². The van der Waals surface area contributed by atoms with E-state index in [4.69, 9.17) is 4.74 Å². The van der Waals surface area contributed by atoms with E-state index in [1.54, 1.807) is 11.3 Å². The SMILES string of the molecule is CNc1ccc(Oc2ncnc3sccc23)cc1. The number of hydrogen-bond donors (Lipinski definition) is 1. The van der Waals surface area contributed by atoms with E-state index in [1.165, 1.54) is 6.33 Å². The molecule has 0 saturated carbocycles. The quantitative estimate of drug-likeness (QED) is 0.779. The van der Waals surface area contributed by atoms with E-state index in [9.17, 15) is 0 Å². The summed E-state index contributed by atoms with van der Waals surface area (Å²) in [6.45, 7) is 0. The van der Waals surface area contributed by atoms with Gasteiger partial charge in [-0.2, -0.15) is 0 Å². The van der Waals surface area contributed by atoms with Crippen LogP contribution in [0.1, 0.15) is 0 Å². The van der Waals surface area contributed by atoms with Crippen LogP contribution in [0.4, 0.5) is 5.69 Å². The van der Waals surface area contributed by atoms with Crippen molar-refractivity contribution >= 4 is 27.2 Å². The number of ether oxygens (including phenoxy) is 1. The van der Waals surface area contributed by atoms with Gasteiger partial charge in [0.05, 0.1) is 5.39 Å². The zero-order valence-corrected chi connectivity index (χ0v) is 10.6. The summed E-state index contributed by atoms with van der Waals surface area (Å²) in [6, 6.07) is 9.71. The normalized spacial score (nSPS) is 10.5. The Hall–Kier alpha value is -2.14. The molecule has 0 aliphatic rings. The molecular weight excluding hydrogens is 246 g/mol. The molecule has 3 aromatic rings. The first-order valence-corrected chi connectivity index (χ1v) is 6.38. The summed E-state index contributed by atoms with van der Waals surface area (Å²) in [7, 11) is 1.88. The van der Waals surface area contributed by atoms with Crippen LogP contribution < -0.4 is 10.1 Å². The first-order valence-electron chi connectivity index (χ1n) is 5.51. The smallest absolute Gasteiger partial charge is 0.231 e. The van der Waals surface area contributed by atoms with E-state index in [0.717, 1.165) is 21.7 Å². The molecule has 0 atom stereocenters. The lowest BCUT2D eigenvalue weighted by Gasteiger charge is -2.06. The number of nitrogens with one attached hydrogen (secondary N) is 1. The first kappa shape index (κ1) is 11.0. The third-order valence-corrected chi connectivity index (χ3v) is 3.40. The van der Waals surface area contributed by atoms with Gasteiger partial charge < -0.3 is 10.1 Å². The largest absolute Gasteiger partial charge is 0.438 e. The maximum atomic E-state index is 5.78. The number of nitrogens with zero attached hydrogens (tertiary/aromatic N) is 2. The van der Waals surface area contributed by atoms with Gasteiger partial charge in [0.25, 0.3) is 0 Å². The van der Waals surface area contributed by atoms with Crippen LogP contribution in [-0.2, 0) is 0 Å². The number of anilines is 1. The molecule has 0 unspecified atom stereocenters. The van der Waals surface area contributed by atoms with Crippen LogP contribution in [0.25, 0.3) is 10.2 Å². The Kier molecular flexibility index (Phi) is 2.82. The first-order chi connectivity index (χ1) is 8.86. The highest BCUT2D eigenvalue weighted by Crippen LogP contribution is 2.29. The molecule has 2 heterocycles. The van der Waals surface area contributed by atoms with Gasteiger partial charge in [-0.25, -0.2) is 9.97 Å². The topological polar surface area (TPSA) is 47.0 Å². The molecule has 0 aliphatic heterocycles. The number of thiophene rings is 1. The monoisotopic (exact) mass is 257 g/mol. The second-order valence-electron chi connectivity index (χ2n) is 3.69. The summed E-state index contributed by atoms with van der Waals surface area (Å²) in [4.78, 5) is 9.30. The minimum absolute atomic E-state index is 0.596. The Labute approximate surface area is 108 Å². The minimum Gasteiger partial charge on any atom is -0.438 e. The Morgan fingerprint density at radius 3 is 2.72 bits per heavy atom. The average Bonchev–Trinajstić information content (AvgIpc) is 2.89. The summed E-state index contributed by atoms with van der Waals surface area (Å²) in [5.41, 5.74) is 1.05. The summed E-state index contributed by atoms with van der Waals surface area (Å²) >= 11 is 1.58. The molecule has 5 heteroatoms. The van der Waals surface area contributed by atoms with Gasteiger partial charge in [-0.3, -0.25) is 0 Å². The molecule has 3 rings (SSSR count). The summed E-state index contributed by atoms with van der Waals surface area (Å²) in [5, 5.41) is 5.99. The van der Waals surface area contributed by atoms with E-state index in [0.29, 0.717) is 5.88 Å². The second kappa shape index (κ2) is 4.62. The fourth-order valence-corrected chi connectivity index (χ4v) is 2.37. The summed E-state index contributed by atoms with van der Waals surface area (Å²) in [5.74, 6) is 1.36. The van der Waals surface area contributed by atoms with Gasteiger partial charge in [0.2, 0.25) is 5.88 Å². The third-order valence-electron chi connectivity index (χ3n) is 2.58. The Morgan fingerprint density at radius 2 is 1.94 bits per heavy atom. The predicted octanol–water partition coefficient (Wildman–Crippen LogP) is 3.53. The van der Waals surface area contributed by atoms with Crippen molar-refractivity contribution in [1.82, 2.24) is 9.97 Å². The highest BCUT2D eigenvalue weighted by Gasteiger charge is 2.06. The van der Waals surface area contributed by atoms with Crippen molar-refractivity contribution < 1.29 is 4.74 Å². The van der Waals surface area contributed by atoms with Crippen LogP contribution in [0.15, 0.2) is 42.0 Å². The molecule has 0 spiro atoms. The maximum absolute atomic E-state index is 5.78. The number of hydrogen-bond acceptors (Lipinski definition) is 5. The number of fused-ring (bicyclic) bond motifs is 1. The summed E-state index contributed by atoms with van der Waals surface area (Å²) in [6.07, 6.45) is 1.52. The zero-order chi connectivity index (χ0) is 12.4. The van der Waals surface area contributed by atoms with E-state index in [-0.39, 0.29) is 0 Å². The van der Waals surface area contributed by atoms with Gasteiger partial charge in [-0.15, -0.1) is 11.3 Å². The lowest BCUT2D eigenvalue weighted by Crippen LogP contribution is -1.90. The van der Waals surface area contributed by atoms with Crippen molar-refractivity contribution in [2.24, 2.45) is 0 Å². The van der Waals surface area contributed by atoms with Crippen LogP contribution in [0.5, 0.6) is 11.6 Å². The fraction of sp³-hybridized carbons (Fsp3) is 0.0769. The van der Waals surface area contributed by atoms with Crippen LogP contribution in [0.3, 0.4) is 0 Å². The average molecular weight is 257 g/mol. The number of benzene rings is 1. The molecule has 1 N–H and O–H groups in total. The van der Waals surface area contributed by atoms with Gasteiger partial charge in [-0.05, 0) is 35.7 Å². The molecule has 18 heavy (non-hydrogen) atoms. The molecule has 1 aromatic carbocycles. The van der Waals surface area contributed by atoms with Gasteiger partial charge in [0, 0.05) is 12.7 Å². The second-order valence-corrected chi connectivity index (χ2v) is 4.59. The lowest BCUT2D eigenvalue weighted by atomic mass is 10.3. The molecule has 4 nitrogen and oxygen atoms in total. The molecule has 0 fully saturated rings. The highest BCUT2D eigenvalue weighted by molar-refractivity contribution is 7.16. The van der Waals surface area contributed by atoms with E-state index in [1.807, 2.05) is 42.8 Å². The third kappa shape index (κ3) is 2.00. The van der Waals surface area contributed by atoms with Crippen molar-refractivity contribution in [3.63, 3.8) is 0 Å². The van der Waals surface area contributed by atoms with Crippen LogP contribution in [0, 0.1) is 0 Å². The molecular formula is C13H11N3OS. The van der Waals surface area contributed by atoms with Gasteiger partial charge in [-0.1, -0.05) is 0 Å². The fourth-order valence-electron chi connectivity index (χ4n) is 1.65. The van der Waals surface area contributed by atoms with Crippen LogP contribution in [-0.4, -0.2) is 17.0 Å². The predicted molar refractivity (Wildman–Crippen MR) is 73.5 cm³/mol. The van der Waals surface area contributed by atoms with Crippen molar-refractivity contribution in [2.45, 2.75) is 0 Å². The van der Waals surface area contributed by atoms with Gasteiger partial charge in [0.15, 0.2) is 0 Å². The molecule has 0 radical (unpaired) electrons. The molecule has 2 aromatic heterocycles. The number of aromatic nitrogens is 2. The van der Waals surface area contributed by atoms with Crippen molar-refractivity contribution in [2.75, 3.05) is 12.4 Å². The van der Waals surface area contributed by atoms with Crippen molar-refractivity contribution in [3.8, 4) is 11.6 Å². The van der Waals surface area contributed by atoms with Crippen molar-refractivity contribution in [1.29, 1.82) is 0 Å².